The van der Waals surface area contributed by atoms with Crippen molar-refractivity contribution in [3.8, 4) is 34.0 Å². The predicted molar refractivity (Wildman–Crippen MR) is 226 cm³/mol. The standard InChI is InChI=1S/C50H30N4O/c1-3-14-31(15-4-1)49-34-18-7-10-22-39(34)51-50(52-49)37-21-13-25-45-46(37)38-30-33(26-29-44(38)55-45)54-41-24-12-9-20-36(41)48-43(54)28-27-42-47(48)35-19-8-11-23-40(35)53(42)32-16-5-2-6-17-32/h1-30H. The van der Waals surface area contributed by atoms with Gasteiger partial charge in [0.2, 0.25) is 0 Å². The van der Waals surface area contributed by atoms with E-state index in [0.29, 0.717) is 5.82 Å². The van der Waals surface area contributed by atoms with Crippen molar-refractivity contribution in [1.82, 2.24) is 19.1 Å². The Balaban J connectivity index is 1.13. The topological polar surface area (TPSA) is 48.8 Å². The van der Waals surface area contributed by atoms with Gasteiger partial charge in [0.1, 0.15) is 11.2 Å². The maximum atomic E-state index is 6.55. The van der Waals surface area contributed by atoms with Gasteiger partial charge in [-0.3, -0.25) is 0 Å². The van der Waals surface area contributed by atoms with Gasteiger partial charge in [0, 0.05) is 60.2 Å². The second-order valence-electron chi connectivity index (χ2n) is 14.1. The Hall–Kier alpha value is -7.50. The van der Waals surface area contributed by atoms with Crippen LogP contribution in [0, 0.1) is 0 Å². The van der Waals surface area contributed by atoms with Gasteiger partial charge >= 0.3 is 0 Å². The number of benzene rings is 8. The highest BCUT2D eigenvalue weighted by molar-refractivity contribution is 6.29. The quantitative estimate of drug-likeness (QED) is 0.183. The molecular formula is C50H30N4O. The zero-order chi connectivity index (χ0) is 36.0. The molecule has 4 heterocycles. The zero-order valence-corrected chi connectivity index (χ0v) is 29.5. The molecule has 12 rings (SSSR count). The lowest BCUT2D eigenvalue weighted by molar-refractivity contribution is 0.669. The Bertz CT molecular complexity index is 3480. The molecule has 5 heteroatoms. The highest BCUT2D eigenvalue weighted by Crippen LogP contribution is 2.44. The maximum absolute atomic E-state index is 6.55. The fraction of sp³-hybridized carbons (Fsp3) is 0. The largest absolute Gasteiger partial charge is 0.456 e. The van der Waals surface area contributed by atoms with E-state index >= 15 is 0 Å². The number of nitrogens with zero attached hydrogens (tertiary/aromatic N) is 4. The van der Waals surface area contributed by atoms with Gasteiger partial charge in [-0.2, -0.15) is 0 Å². The van der Waals surface area contributed by atoms with Gasteiger partial charge in [0.15, 0.2) is 5.82 Å². The van der Waals surface area contributed by atoms with E-state index in [0.717, 1.165) is 72.1 Å². The fourth-order valence-corrected chi connectivity index (χ4v) is 8.81. The smallest absolute Gasteiger partial charge is 0.161 e. The molecule has 4 aromatic heterocycles. The second kappa shape index (κ2) is 11.5. The molecule has 0 saturated carbocycles. The Kier molecular flexibility index (Phi) is 6.27. The van der Waals surface area contributed by atoms with Crippen molar-refractivity contribution in [3.05, 3.63) is 182 Å². The van der Waals surface area contributed by atoms with Crippen LogP contribution >= 0.6 is 0 Å². The molecule has 0 fully saturated rings. The van der Waals surface area contributed by atoms with Crippen molar-refractivity contribution in [1.29, 1.82) is 0 Å². The summed E-state index contributed by atoms with van der Waals surface area (Å²) in [5.74, 6) is 0.672. The van der Waals surface area contributed by atoms with Gasteiger partial charge in [-0.1, -0.05) is 115 Å². The number of fused-ring (bicyclic) bond motifs is 11. The average Bonchev–Trinajstić information content (AvgIpc) is 3.91. The van der Waals surface area contributed by atoms with Crippen molar-refractivity contribution in [2.75, 3.05) is 0 Å². The highest BCUT2D eigenvalue weighted by Gasteiger charge is 2.22. The number of hydrogen-bond acceptors (Lipinski definition) is 3. The van der Waals surface area contributed by atoms with Crippen LogP contribution in [0.2, 0.25) is 0 Å². The number of rotatable bonds is 4. The summed E-state index contributed by atoms with van der Waals surface area (Å²) >= 11 is 0. The van der Waals surface area contributed by atoms with Crippen molar-refractivity contribution < 1.29 is 4.42 Å². The Morgan fingerprint density at radius 1 is 0.382 bits per heavy atom. The Morgan fingerprint density at radius 2 is 1.00 bits per heavy atom. The van der Waals surface area contributed by atoms with E-state index in [9.17, 15) is 0 Å². The molecule has 12 aromatic rings. The van der Waals surface area contributed by atoms with Crippen LogP contribution in [0.4, 0.5) is 0 Å². The lowest BCUT2D eigenvalue weighted by atomic mass is 10.0. The summed E-state index contributed by atoms with van der Waals surface area (Å²) in [5.41, 5.74) is 12.3. The third kappa shape index (κ3) is 4.35. The zero-order valence-electron chi connectivity index (χ0n) is 29.5. The molecule has 0 aliphatic heterocycles. The maximum Gasteiger partial charge on any atom is 0.161 e. The van der Waals surface area contributed by atoms with E-state index in [1.807, 2.05) is 30.3 Å². The number of aromatic nitrogens is 4. The van der Waals surface area contributed by atoms with E-state index in [1.165, 1.54) is 32.6 Å². The molecule has 55 heavy (non-hydrogen) atoms. The minimum Gasteiger partial charge on any atom is -0.456 e. The molecule has 0 atom stereocenters. The average molecular weight is 703 g/mol. The van der Waals surface area contributed by atoms with Crippen molar-refractivity contribution in [3.63, 3.8) is 0 Å². The molecule has 0 amide bonds. The van der Waals surface area contributed by atoms with Crippen LogP contribution in [0.5, 0.6) is 0 Å². The summed E-state index contributed by atoms with van der Waals surface area (Å²) in [6, 6.07) is 64.1. The number of furan rings is 1. The van der Waals surface area contributed by atoms with Crippen LogP contribution in [-0.2, 0) is 0 Å². The van der Waals surface area contributed by atoms with Gasteiger partial charge < -0.3 is 13.6 Å². The fourth-order valence-electron chi connectivity index (χ4n) is 8.81. The molecular weight excluding hydrogens is 673 g/mol. The van der Waals surface area contributed by atoms with Crippen LogP contribution in [0.1, 0.15) is 0 Å². The van der Waals surface area contributed by atoms with Gasteiger partial charge in [0.05, 0.1) is 33.3 Å². The molecule has 0 aliphatic carbocycles. The summed E-state index contributed by atoms with van der Waals surface area (Å²) in [6.45, 7) is 0. The first-order chi connectivity index (χ1) is 27.3. The molecule has 0 N–H and O–H groups in total. The summed E-state index contributed by atoms with van der Waals surface area (Å²) in [5, 5.41) is 8.00. The predicted octanol–water partition coefficient (Wildman–Crippen LogP) is 13.1. The Labute approximate surface area is 315 Å². The minimum atomic E-state index is 0.672. The van der Waals surface area contributed by atoms with Crippen LogP contribution < -0.4 is 0 Å². The van der Waals surface area contributed by atoms with Crippen molar-refractivity contribution >= 4 is 76.5 Å². The minimum absolute atomic E-state index is 0.672. The van der Waals surface area contributed by atoms with Crippen LogP contribution in [0.15, 0.2) is 186 Å². The molecule has 0 unspecified atom stereocenters. The SMILES string of the molecule is c1ccc(-c2nc(-c3cccc4oc5ccc(-n6c7ccccc7c7c8c9ccccc9n(-c9ccccc9)c8ccc76)cc5c34)nc3ccccc23)cc1. The van der Waals surface area contributed by atoms with E-state index < -0.39 is 0 Å². The van der Waals surface area contributed by atoms with Gasteiger partial charge in [-0.05, 0) is 66.7 Å². The van der Waals surface area contributed by atoms with Gasteiger partial charge in [-0.25, -0.2) is 9.97 Å². The summed E-state index contributed by atoms with van der Waals surface area (Å²) < 4.78 is 11.3. The Morgan fingerprint density at radius 3 is 1.73 bits per heavy atom. The normalized spacial score (nSPS) is 12.0. The number of hydrogen-bond donors (Lipinski definition) is 0. The highest BCUT2D eigenvalue weighted by atomic mass is 16.3. The monoisotopic (exact) mass is 702 g/mol. The first kappa shape index (κ1) is 30.0. The van der Waals surface area contributed by atoms with Crippen LogP contribution in [0.3, 0.4) is 0 Å². The molecule has 0 bridgehead atoms. The van der Waals surface area contributed by atoms with Crippen molar-refractivity contribution in [2.24, 2.45) is 0 Å². The molecule has 0 saturated heterocycles. The van der Waals surface area contributed by atoms with Gasteiger partial charge in [-0.15, -0.1) is 0 Å². The number of para-hydroxylation sites is 4. The third-order valence-corrected chi connectivity index (χ3v) is 11.1. The van der Waals surface area contributed by atoms with Crippen LogP contribution in [0.25, 0.3) is 110 Å². The molecule has 0 radical (unpaired) electrons. The van der Waals surface area contributed by atoms with E-state index in [-0.39, 0.29) is 0 Å². The molecule has 256 valence electrons. The summed E-state index contributed by atoms with van der Waals surface area (Å²) in [6.07, 6.45) is 0. The molecule has 8 aromatic carbocycles. The lowest BCUT2D eigenvalue weighted by Gasteiger charge is -2.11. The lowest BCUT2D eigenvalue weighted by Crippen LogP contribution is -1.96. The third-order valence-electron chi connectivity index (χ3n) is 11.1. The molecule has 5 nitrogen and oxygen atoms in total. The van der Waals surface area contributed by atoms with E-state index in [4.69, 9.17) is 14.4 Å². The van der Waals surface area contributed by atoms with Gasteiger partial charge in [0.25, 0.3) is 0 Å². The van der Waals surface area contributed by atoms with Crippen molar-refractivity contribution in [2.45, 2.75) is 0 Å². The van der Waals surface area contributed by atoms with E-state index in [1.54, 1.807) is 0 Å². The first-order valence-electron chi connectivity index (χ1n) is 18.6. The van der Waals surface area contributed by atoms with Crippen LogP contribution in [-0.4, -0.2) is 19.1 Å². The first-order valence-corrected chi connectivity index (χ1v) is 18.6. The molecule has 0 spiro atoms. The summed E-state index contributed by atoms with van der Waals surface area (Å²) in [4.78, 5) is 10.4. The van der Waals surface area contributed by atoms with E-state index in [2.05, 4.69) is 161 Å². The summed E-state index contributed by atoms with van der Waals surface area (Å²) in [7, 11) is 0. The molecule has 0 aliphatic rings. The second-order valence-corrected chi connectivity index (χ2v) is 14.1.